The zero-order valence-corrected chi connectivity index (χ0v) is 10.8. The van der Waals surface area contributed by atoms with Gasteiger partial charge in [0.25, 0.3) is 0 Å². The molecule has 0 atom stereocenters. The standard InChI is InChI=1S/C14H9FO3S/c1-7-4-12(14(16)17)19-13(7)11-6-8-5-9(15)2-3-10(8)18-11/h2-6H,1H3,(H,16,17). The van der Waals surface area contributed by atoms with Crippen LogP contribution >= 0.6 is 11.3 Å². The molecule has 0 saturated carbocycles. The predicted molar refractivity (Wildman–Crippen MR) is 71.2 cm³/mol. The molecule has 3 aromatic rings. The monoisotopic (exact) mass is 276 g/mol. The highest BCUT2D eigenvalue weighted by molar-refractivity contribution is 7.17. The van der Waals surface area contributed by atoms with Crippen LogP contribution in [0.4, 0.5) is 4.39 Å². The van der Waals surface area contributed by atoms with Crippen LogP contribution in [0.3, 0.4) is 0 Å². The van der Waals surface area contributed by atoms with Gasteiger partial charge in [0.05, 0.1) is 4.88 Å². The Balaban J connectivity index is 2.16. The highest BCUT2D eigenvalue weighted by atomic mass is 32.1. The van der Waals surface area contributed by atoms with Crippen LogP contribution in [-0.2, 0) is 0 Å². The molecule has 5 heteroatoms. The van der Waals surface area contributed by atoms with E-state index in [2.05, 4.69) is 0 Å². The smallest absolute Gasteiger partial charge is 0.345 e. The van der Waals surface area contributed by atoms with E-state index in [1.54, 1.807) is 18.2 Å². The van der Waals surface area contributed by atoms with Crippen molar-refractivity contribution in [3.8, 4) is 10.6 Å². The molecule has 3 rings (SSSR count). The van der Waals surface area contributed by atoms with Gasteiger partial charge >= 0.3 is 5.97 Å². The lowest BCUT2D eigenvalue weighted by Gasteiger charge is -1.92. The van der Waals surface area contributed by atoms with Gasteiger partial charge in [0.1, 0.15) is 22.0 Å². The van der Waals surface area contributed by atoms with Gasteiger partial charge in [0.2, 0.25) is 0 Å². The number of halogens is 1. The third-order valence-corrected chi connectivity index (χ3v) is 4.07. The normalized spacial score (nSPS) is 11.1. The number of fused-ring (bicyclic) bond motifs is 1. The molecule has 2 aromatic heterocycles. The van der Waals surface area contributed by atoms with Gasteiger partial charge in [0.15, 0.2) is 0 Å². The van der Waals surface area contributed by atoms with E-state index >= 15 is 0 Å². The van der Waals surface area contributed by atoms with Gasteiger partial charge in [-0.15, -0.1) is 11.3 Å². The topological polar surface area (TPSA) is 50.4 Å². The van der Waals surface area contributed by atoms with Gasteiger partial charge in [-0.3, -0.25) is 0 Å². The molecule has 0 unspecified atom stereocenters. The Labute approximate surface area is 111 Å². The van der Waals surface area contributed by atoms with E-state index in [4.69, 9.17) is 9.52 Å². The molecule has 0 amide bonds. The molecule has 19 heavy (non-hydrogen) atoms. The minimum atomic E-state index is -0.957. The van der Waals surface area contributed by atoms with Crippen LogP contribution in [-0.4, -0.2) is 11.1 Å². The third-order valence-electron chi connectivity index (χ3n) is 2.83. The second kappa shape index (κ2) is 4.20. The number of carboxylic acid groups (broad SMARTS) is 1. The first kappa shape index (κ1) is 11.9. The Bertz CT molecular complexity index is 785. The Morgan fingerprint density at radius 2 is 2.11 bits per heavy atom. The summed E-state index contributed by atoms with van der Waals surface area (Å²) in [5.74, 6) is -0.717. The van der Waals surface area contributed by atoms with E-state index in [1.165, 1.54) is 12.1 Å². The van der Waals surface area contributed by atoms with Crippen molar-refractivity contribution >= 4 is 28.3 Å². The molecule has 1 N–H and O–H groups in total. The Morgan fingerprint density at radius 3 is 2.79 bits per heavy atom. The average Bonchev–Trinajstić information content (AvgIpc) is 2.91. The number of hydrogen-bond donors (Lipinski definition) is 1. The fourth-order valence-electron chi connectivity index (χ4n) is 1.96. The Hall–Kier alpha value is -2.14. The molecule has 0 aliphatic rings. The van der Waals surface area contributed by atoms with Crippen LogP contribution in [0.2, 0.25) is 0 Å². The summed E-state index contributed by atoms with van der Waals surface area (Å²) in [5, 5.41) is 9.64. The first-order chi connectivity index (χ1) is 9.04. The van der Waals surface area contributed by atoms with Crippen molar-refractivity contribution in [3.05, 3.63) is 46.6 Å². The summed E-state index contributed by atoms with van der Waals surface area (Å²) in [7, 11) is 0. The van der Waals surface area contributed by atoms with Crippen molar-refractivity contribution in [3.63, 3.8) is 0 Å². The summed E-state index contributed by atoms with van der Waals surface area (Å²) < 4.78 is 18.8. The second-order valence-electron chi connectivity index (χ2n) is 4.22. The molecule has 0 spiro atoms. The van der Waals surface area contributed by atoms with Crippen LogP contribution in [0, 0.1) is 12.7 Å². The van der Waals surface area contributed by atoms with E-state index in [0.29, 0.717) is 16.7 Å². The summed E-state index contributed by atoms with van der Waals surface area (Å²) in [5.41, 5.74) is 1.42. The molecular weight excluding hydrogens is 267 g/mol. The Morgan fingerprint density at radius 1 is 1.32 bits per heavy atom. The van der Waals surface area contributed by atoms with Crippen LogP contribution in [0.5, 0.6) is 0 Å². The lowest BCUT2D eigenvalue weighted by molar-refractivity contribution is 0.0702. The van der Waals surface area contributed by atoms with E-state index in [9.17, 15) is 9.18 Å². The van der Waals surface area contributed by atoms with Crippen molar-refractivity contribution in [1.29, 1.82) is 0 Å². The maximum atomic E-state index is 13.1. The van der Waals surface area contributed by atoms with Gasteiger partial charge in [-0.2, -0.15) is 0 Å². The number of carboxylic acids is 1. The fraction of sp³-hybridized carbons (Fsp3) is 0.0714. The van der Waals surface area contributed by atoms with E-state index in [0.717, 1.165) is 21.8 Å². The largest absolute Gasteiger partial charge is 0.477 e. The SMILES string of the molecule is Cc1cc(C(=O)O)sc1-c1cc2cc(F)ccc2o1. The van der Waals surface area contributed by atoms with Crippen LogP contribution in [0.15, 0.2) is 34.7 Å². The minimum Gasteiger partial charge on any atom is -0.477 e. The van der Waals surface area contributed by atoms with Crippen molar-refractivity contribution in [2.45, 2.75) is 6.92 Å². The number of aromatic carboxylic acids is 1. The lowest BCUT2D eigenvalue weighted by Crippen LogP contribution is -1.89. The number of aryl methyl sites for hydroxylation is 1. The molecule has 0 fully saturated rings. The molecule has 0 radical (unpaired) electrons. The second-order valence-corrected chi connectivity index (χ2v) is 5.27. The number of furan rings is 1. The fourth-order valence-corrected chi connectivity index (χ4v) is 2.92. The van der Waals surface area contributed by atoms with Gasteiger partial charge in [-0.25, -0.2) is 9.18 Å². The molecule has 0 bridgehead atoms. The summed E-state index contributed by atoms with van der Waals surface area (Å²) in [6.07, 6.45) is 0. The van der Waals surface area contributed by atoms with Gasteiger partial charge in [0, 0.05) is 5.39 Å². The van der Waals surface area contributed by atoms with Crippen LogP contribution in [0.1, 0.15) is 15.2 Å². The number of rotatable bonds is 2. The summed E-state index contributed by atoms with van der Waals surface area (Å²) in [4.78, 5) is 12.0. The van der Waals surface area contributed by atoms with Crippen molar-refractivity contribution < 1.29 is 18.7 Å². The van der Waals surface area contributed by atoms with E-state index in [1.807, 2.05) is 6.92 Å². The van der Waals surface area contributed by atoms with Crippen molar-refractivity contribution in [2.75, 3.05) is 0 Å². The van der Waals surface area contributed by atoms with Crippen LogP contribution < -0.4 is 0 Å². The average molecular weight is 276 g/mol. The first-order valence-electron chi connectivity index (χ1n) is 5.58. The number of benzene rings is 1. The van der Waals surface area contributed by atoms with Gasteiger partial charge < -0.3 is 9.52 Å². The quantitative estimate of drug-likeness (QED) is 0.758. The van der Waals surface area contributed by atoms with Gasteiger partial charge in [-0.1, -0.05) is 0 Å². The molecule has 96 valence electrons. The number of hydrogen-bond acceptors (Lipinski definition) is 3. The minimum absolute atomic E-state index is 0.263. The maximum absolute atomic E-state index is 13.1. The summed E-state index contributed by atoms with van der Waals surface area (Å²) in [6.45, 7) is 1.83. The molecule has 2 heterocycles. The summed E-state index contributed by atoms with van der Waals surface area (Å²) >= 11 is 1.15. The third kappa shape index (κ3) is 2.02. The lowest BCUT2D eigenvalue weighted by atomic mass is 10.2. The van der Waals surface area contributed by atoms with Crippen molar-refractivity contribution in [2.24, 2.45) is 0 Å². The molecule has 0 aliphatic carbocycles. The zero-order chi connectivity index (χ0) is 13.6. The highest BCUT2D eigenvalue weighted by Crippen LogP contribution is 2.36. The number of thiophene rings is 1. The predicted octanol–water partition coefficient (Wildman–Crippen LogP) is 4.31. The van der Waals surface area contributed by atoms with Crippen LogP contribution in [0.25, 0.3) is 21.6 Å². The van der Waals surface area contributed by atoms with E-state index < -0.39 is 5.97 Å². The van der Waals surface area contributed by atoms with Gasteiger partial charge in [-0.05, 0) is 42.8 Å². The first-order valence-corrected chi connectivity index (χ1v) is 6.39. The summed E-state index contributed by atoms with van der Waals surface area (Å²) in [6, 6.07) is 7.62. The number of carbonyl (C=O) groups is 1. The maximum Gasteiger partial charge on any atom is 0.345 e. The molecule has 1 aromatic carbocycles. The molecular formula is C14H9FO3S. The van der Waals surface area contributed by atoms with E-state index in [-0.39, 0.29) is 10.7 Å². The van der Waals surface area contributed by atoms with Crippen molar-refractivity contribution in [1.82, 2.24) is 0 Å². The molecule has 3 nitrogen and oxygen atoms in total. The zero-order valence-electron chi connectivity index (χ0n) is 9.94. The molecule has 0 saturated heterocycles. The Kier molecular flexibility index (Phi) is 2.64. The highest BCUT2D eigenvalue weighted by Gasteiger charge is 2.16. The molecule has 0 aliphatic heterocycles.